The van der Waals surface area contributed by atoms with Crippen LogP contribution in [0.2, 0.25) is 0 Å². The normalized spacial score (nSPS) is 46.8. The van der Waals surface area contributed by atoms with Crippen LogP contribution in [-0.2, 0) is 4.79 Å². The highest BCUT2D eigenvalue weighted by Crippen LogP contribution is 2.63. The molecular formula is C25H42O3. The van der Waals surface area contributed by atoms with Crippen molar-refractivity contribution in [1.29, 1.82) is 0 Å². The lowest BCUT2D eigenvalue weighted by Gasteiger charge is -2.55. The zero-order valence-electron chi connectivity index (χ0n) is 18.3. The molecule has 9 atom stereocenters. The molecule has 4 aliphatic carbocycles. The Morgan fingerprint density at radius 3 is 2.54 bits per heavy atom. The number of Topliss-reactive ketones (excluding diaryl/α,β-unsaturated/α-hetero) is 1. The van der Waals surface area contributed by atoms with Crippen LogP contribution < -0.4 is 0 Å². The number of fused-ring (bicyclic) bond motifs is 5. The second-order valence-electron chi connectivity index (χ2n) is 11.5. The van der Waals surface area contributed by atoms with E-state index in [0.29, 0.717) is 41.3 Å². The fourth-order valence-electron chi connectivity index (χ4n) is 8.07. The summed E-state index contributed by atoms with van der Waals surface area (Å²) in [7, 11) is 0. The molecule has 0 radical (unpaired) electrons. The molecule has 4 rings (SSSR count). The van der Waals surface area contributed by atoms with Gasteiger partial charge in [-0.15, -0.1) is 0 Å². The smallest absolute Gasteiger partial charge is 0.137 e. The van der Waals surface area contributed by atoms with Crippen molar-refractivity contribution in [3.63, 3.8) is 0 Å². The van der Waals surface area contributed by atoms with Gasteiger partial charge in [0.2, 0.25) is 0 Å². The number of rotatable bonds is 5. The number of hydrogen-bond acceptors (Lipinski definition) is 3. The lowest BCUT2D eigenvalue weighted by Crippen LogP contribution is -2.53. The Labute approximate surface area is 171 Å². The zero-order valence-corrected chi connectivity index (χ0v) is 18.3. The first-order valence-electron chi connectivity index (χ1n) is 12.2. The van der Waals surface area contributed by atoms with Crippen LogP contribution in [0.15, 0.2) is 0 Å². The van der Waals surface area contributed by atoms with Gasteiger partial charge >= 0.3 is 0 Å². The summed E-state index contributed by atoms with van der Waals surface area (Å²) in [5.41, 5.74) is 0.109. The topological polar surface area (TPSA) is 57.5 Å². The summed E-state index contributed by atoms with van der Waals surface area (Å²) in [6, 6.07) is 0. The molecule has 2 N–H and O–H groups in total. The average molecular weight is 391 g/mol. The molecule has 4 saturated carbocycles. The predicted molar refractivity (Wildman–Crippen MR) is 112 cm³/mol. The molecule has 0 spiro atoms. The van der Waals surface area contributed by atoms with E-state index in [0.717, 1.165) is 44.9 Å². The van der Waals surface area contributed by atoms with Crippen molar-refractivity contribution in [2.45, 2.75) is 104 Å². The van der Waals surface area contributed by atoms with Gasteiger partial charge in [-0.3, -0.25) is 4.79 Å². The fourth-order valence-corrected chi connectivity index (χ4v) is 8.07. The number of carbonyl (C=O) groups excluding carboxylic acids is 1. The maximum atomic E-state index is 13.4. The highest BCUT2D eigenvalue weighted by Gasteiger charge is 2.59. The van der Waals surface area contributed by atoms with E-state index in [1.165, 1.54) is 25.7 Å². The minimum atomic E-state index is -0.202. The Morgan fingerprint density at radius 2 is 1.79 bits per heavy atom. The van der Waals surface area contributed by atoms with Crippen LogP contribution in [0, 0.1) is 46.8 Å². The first-order valence-corrected chi connectivity index (χ1v) is 12.2. The van der Waals surface area contributed by atoms with E-state index in [1.807, 2.05) is 0 Å². The molecular weight excluding hydrogens is 348 g/mol. The summed E-state index contributed by atoms with van der Waals surface area (Å²) in [4.78, 5) is 13.4. The van der Waals surface area contributed by atoms with Gasteiger partial charge in [0, 0.05) is 12.3 Å². The quantitative estimate of drug-likeness (QED) is 0.696. The van der Waals surface area contributed by atoms with E-state index in [1.54, 1.807) is 0 Å². The molecule has 0 saturated heterocycles. The number of ketones is 1. The SMILES string of the molecule is CC(C)CCC(O)C[C@H]1CCC2C3CCC4CC(O)CCC4C3C(=O)CC21C. The summed E-state index contributed by atoms with van der Waals surface area (Å²) in [5, 5.41) is 20.7. The molecule has 0 heterocycles. The van der Waals surface area contributed by atoms with E-state index in [4.69, 9.17) is 0 Å². The Hall–Kier alpha value is -0.410. The predicted octanol–water partition coefficient (Wildman–Crippen LogP) is 4.98. The summed E-state index contributed by atoms with van der Waals surface area (Å²) >= 11 is 0. The Kier molecular flexibility index (Phi) is 5.97. The summed E-state index contributed by atoms with van der Waals surface area (Å²) in [6.07, 6.45) is 11.0. The molecule has 0 aromatic carbocycles. The number of aliphatic hydroxyl groups is 2. The zero-order chi connectivity index (χ0) is 20.1. The van der Waals surface area contributed by atoms with Gasteiger partial charge in [-0.2, -0.15) is 0 Å². The van der Waals surface area contributed by atoms with E-state index >= 15 is 0 Å². The molecule has 0 amide bonds. The van der Waals surface area contributed by atoms with Crippen molar-refractivity contribution in [3.8, 4) is 0 Å². The molecule has 0 aliphatic heterocycles. The van der Waals surface area contributed by atoms with Gasteiger partial charge in [-0.25, -0.2) is 0 Å². The van der Waals surface area contributed by atoms with Gasteiger partial charge in [0.25, 0.3) is 0 Å². The highest BCUT2D eigenvalue weighted by atomic mass is 16.3. The molecule has 3 nitrogen and oxygen atoms in total. The Balaban J connectivity index is 1.46. The Morgan fingerprint density at radius 1 is 1.04 bits per heavy atom. The molecule has 3 heteroatoms. The number of hydrogen-bond donors (Lipinski definition) is 2. The minimum absolute atomic E-state index is 0.109. The second kappa shape index (κ2) is 8.02. The third-order valence-corrected chi connectivity index (χ3v) is 9.49. The number of carbonyl (C=O) groups is 1. The van der Waals surface area contributed by atoms with Crippen molar-refractivity contribution in [2.75, 3.05) is 0 Å². The first kappa shape index (κ1) is 20.8. The van der Waals surface area contributed by atoms with Crippen molar-refractivity contribution in [2.24, 2.45) is 46.8 Å². The maximum absolute atomic E-state index is 13.4. The molecule has 0 aromatic heterocycles. The van der Waals surface area contributed by atoms with E-state index in [2.05, 4.69) is 20.8 Å². The first-order chi connectivity index (χ1) is 13.3. The van der Waals surface area contributed by atoms with Gasteiger partial charge in [0.15, 0.2) is 0 Å². The minimum Gasteiger partial charge on any atom is -0.393 e. The van der Waals surface area contributed by atoms with Crippen molar-refractivity contribution < 1.29 is 15.0 Å². The molecule has 4 aliphatic rings. The molecule has 8 unspecified atom stereocenters. The summed E-state index contributed by atoms with van der Waals surface area (Å²) in [6.45, 7) is 6.83. The third kappa shape index (κ3) is 3.71. The van der Waals surface area contributed by atoms with Crippen molar-refractivity contribution in [1.82, 2.24) is 0 Å². The largest absolute Gasteiger partial charge is 0.393 e. The maximum Gasteiger partial charge on any atom is 0.137 e. The monoisotopic (exact) mass is 390 g/mol. The number of aliphatic hydroxyl groups excluding tert-OH is 2. The van der Waals surface area contributed by atoms with Crippen molar-refractivity contribution >= 4 is 5.78 Å². The van der Waals surface area contributed by atoms with Crippen LogP contribution in [0.5, 0.6) is 0 Å². The van der Waals surface area contributed by atoms with Crippen LogP contribution in [0.3, 0.4) is 0 Å². The van der Waals surface area contributed by atoms with Crippen LogP contribution in [-0.4, -0.2) is 28.2 Å². The third-order valence-electron chi connectivity index (χ3n) is 9.49. The average Bonchev–Trinajstić information content (AvgIpc) is 2.95. The second-order valence-corrected chi connectivity index (χ2v) is 11.5. The standard InChI is InChI=1S/C25H42O3/c1-15(2)4-7-19(27)13-17-6-11-22-21-9-5-16-12-18(26)8-10-20(16)24(21)23(28)14-25(17,22)3/h15-22,24,26-27H,4-14H2,1-3H3/t16?,17-,18?,19?,20?,21?,22?,24?,25?/m1/s1. The molecule has 28 heavy (non-hydrogen) atoms. The Bertz CT molecular complexity index is 572. The lowest BCUT2D eigenvalue weighted by molar-refractivity contribution is -0.148. The van der Waals surface area contributed by atoms with Gasteiger partial charge in [-0.1, -0.05) is 20.8 Å². The van der Waals surface area contributed by atoms with E-state index in [-0.39, 0.29) is 23.5 Å². The molecule has 4 fully saturated rings. The molecule has 160 valence electrons. The van der Waals surface area contributed by atoms with E-state index < -0.39 is 0 Å². The fraction of sp³-hybridized carbons (Fsp3) is 0.960. The van der Waals surface area contributed by atoms with Crippen LogP contribution in [0.1, 0.15) is 91.4 Å². The molecule has 0 aromatic rings. The van der Waals surface area contributed by atoms with Crippen molar-refractivity contribution in [3.05, 3.63) is 0 Å². The lowest BCUT2D eigenvalue weighted by atomic mass is 9.49. The van der Waals surface area contributed by atoms with Gasteiger partial charge in [-0.05, 0) is 105 Å². The van der Waals surface area contributed by atoms with E-state index in [9.17, 15) is 15.0 Å². The van der Waals surface area contributed by atoms with Gasteiger partial charge < -0.3 is 10.2 Å². The van der Waals surface area contributed by atoms with Gasteiger partial charge in [0.05, 0.1) is 12.2 Å². The molecule has 0 bridgehead atoms. The summed E-state index contributed by atoms with van der Waals surface area (Å²) < 4.78 is 0. The van der Waals surface area contributed by atoms with Crippen LogP contribution >= 0.6 is 0 Å². The van der Waals surface area contributed by atoms with Gasteiger partial charge in [0.1, 0.15) is 5.78 Å². The van der Waals surface area contributed by atoms with Crippen LogP contribution in [0.25, 0.3) is 0 Å². The summed E-state index contributed by atoms with van der Waals surface area (Å²) in [5.74, 6) is 4.31. The van der Waals surface area contributed by atoms with Crippen LogP contribution in [0.4, 0.5) is 0 Å². The highest BCUT2D eigenvalue weighted by molar-refractivity contribution is 5.83.